The van der Waals surface area contributed by atoms with E-state index in [1.54, 1.807) is 13.8 Å². The van der Waals surface area contributed by atoms with E-state index in [2.05, 4.69) is 15.1 Å². The molecule has 1 amide bonds. The van der Waals surface area contributed by atoms with Gasteiger partial charge in [0, 0.05) is 24.9 Å². The third-order valence-corrected chi connectivity index (χ3v) is 4.22. The van der Waals surface area contributed by atoms with Crippen LogP contribution in [0.2, 0.25) is 0 Å². The molecule has 0 aliphatic rings. The first-order chi connectivity index (χ1) is 11.9. The van der Waals surface area contributed by atoms with E-state index >= 15 is 0 Å². The molecule has 26 heavy (non-hydrogen) atoms. The minimum atomic E-state index is -4.68. The van der Waals surface area contributed by atoms with E-state index in [0.29, 0.717) is 17.0 Å². The van der Waals surface area contributed by atoms with Gasteiger partial charge in [-0.25, -0.2) is 14.3 Å². The molecule has 0 saturated heterocycles. The van der Waals surface area contributed by atoms with Gasteiger partial charge in [-0.3, -0.25) is 4.79 Å². The number of carboxylic acids is 1. The van der Waals surface area contributed by atoms with Crippen LogP contribution in [-0.2, 0) is 22.2 Å². The number of carbonyl (C=O) groups excluding carboxylic acids is 1. The van der Waals surface area contributed by atoms with Gasteiger partial charge in [-0.05, 0) is 32.8 Å². The number of hydrogen-bond acceptors (Lipinski definition) is 5. The van der Waals surface area contributed by atoms with Gasteiger partial charge in [0.15, 0.2) is 0 Å². The Bertz CT molecular complexity index is 862. The molecule has 0 radical (unpaired) electrons. The fourth-order valence-electron chi connectivity index (χ4n) is 2.48. The Morgan fingerprint density at radius 1 is 1.27 bits per heavy atom. The summed E-state index contributed by atoms with van der Waals surface area (Å²) in [6.07, 6.45) is -4.50. The molecule has 142 valence electrons. The molecule has 0 aliphatic heterocycles. The lowest BCUT2D eigenvalue weighted by molar-refractivity contribution is -0.148. The van der Waals surface area contributed by atoms with Crippen LogP contribution in [0, 0.1) is 13.8 Å². The standard InChI is InChI=1S/C15H18F3N5O3/c1-7-10(5-6-11(24)22(4)9(3)12(25)26)8(2)23-14(19-7)20-13(21-23)15(16,17)18/h9H,5-6H2,1-4H3,(H,25,26). The fourth-order valence-corrected chi connectivity index (χ4v) is 2.48. The molecule has 0 bridgehead atoms. The number of nitrogens with zero attached hydrogens (tertiary/aromatic N) is 5. The van der Waals surface area contributed by atoms with Crippen molar-refractivity contribution in [1.82, 2.24) is 24.5 Å². The van der Waals surface area contributed by atoms with E-state index < -0.39 is 29.9 Å². The van der Waals surface area contributed by atoms with Crippen molar-refractivity contribution in [3.8, 4) is 0 Å². The summed E-state index contributed by atoms with van der Waals surface area (Å²) in [7, 11) is 1.38. The molecule has 11 heteroatoms. The van der Waals surface area contributed by atoms with E-state index in [9.17, 15) is 22.8 Å². The number of fused-ring (bicyclic) bond motifs is 1. The zero-order chi connectivity index (χ0) is 19.8. The second kappa shape index (κ2) is 6.89. The van der Waals surface area contributed by atoms with Gasteiger partial charge in [0.2, 0.25) is 5.91 Å². The average molecular weight is 373 g/mol. The van der Waals surface area contributed by atoms with Crippen molar-refractivity contribution >= 4 is 17.7 Å². The molecule has 2 aromatic rings. The number of halogens is 3. The fraction of sp³-hybridized carbons (Fsp3) is 0.533. The van der Waals surface area contributed by atoms with Crippen molar-refractivity contribution in [3.63, 3.8) is 0 Å². The first kappa shape index (κ1) is 19.6. The summed E-state index contributed by atoms with van der Waals surface area (Å²) in [5.74, 6) is -2.97. The minimum absolute atomic E-state index is 0.0101. The largest absolute Gasteiger partial charge is 0.480 e. The quantitative estimate of drug-likeness (QED) is 0.855. The molecule has 1 unspecified atom stereocenters. The zero-order valence-electron chi connectivity index (χ0n) is 14.6. The number of aryl methyl sites for hydroxylation is 2. The van der Waals surface area contributed by atoms with Gasteiger partial charge < -0.3 is 10.0 Å². The lowest BCUT2D eigenvalue weighted by Gasteiger charge is -2.21. The molecule has 0 aliphatic carbocycles. The van der Waals surface area contributed by atoms with E-state index in [4.69, 9.17) is 5.11 Å². The lowest BCUT2D eigenvalue weighted by Crippen LogP contribution is -2.40. The van der Waals surface area contributed by atoms with Crippen LogP contribution in [0.5, 0.6) is 0 Å². The molecular formula is C15H18F3N5O3. The summed E-state index contributed by atoms with van der Waals surface area (Å²) >= 11 is 0. The summed E-state index contributed by atoms with van der Waals surface area (Å²) in [6.45, 7) is 4.57. The van der Waals surface area contributed by atoms with Gasteiger partial charge in [0.25, 0.3) is 11.6 Å². The van der Waals surface area contributed by atoms with Gasteiger partial charge >= 0.3 is 12.1 Å². The van der Waals surface area contributed by atoms with Crippen molar-refractivity contribution in [3.05, 3.63) is 22.8 Å². The number of carboxylic acid groups (broad SMARTS) is 1. The Morgan fingerprint density at radius 2 is 1.88 bits per heavy atom. The normalized spacial score (nSPS) is 13.0. The molecule has 2 rings (SSSR count). The Kier molecular flexibility index (Phi) is 5.19. The number of alkyl halides is 3. The van der Waals surface area contributed by atoms with Crippen LogP contribution in [0.3, 0.4) is 0 Å². The molecular weight excluding hydrogens is 355 g/mol. The summed E-state index contributed by atoms with van der Waals surface area (Å²) in [5.41, 5.74) is 1.41. The van der Waals surface area contributed by atoms with Crippen molar-refractivity contribution < 1.29 is 27.9 Å². The Labute approximate surface area is 146 Å². The second-order valence-electron chi connectivity index (χ2n) is 5.93. The van der Waals surface area contributed by atoms with Crippen LogP contribution < -0.4 is 0 Å². The number of aromatic nitrogens is 4. The summed E-state index contributed by atoms with van der Waals surface area (Å²) in [6, 6.07) is -0.977. The highest BCUT2D eigenvalue weighted by atomic mass is 19.4. The van der Waals surface area contributed by atoms with Gasteiger partial charge in [-0.1, -0.05) is 0 Å². The Hall–Kier alpha value is -2.72. The molecule has 2 heterocycles. The maximum absolute atomic E-state index is 12.8. The molecule has 1 N–H and O–H groups in total. The number of carbonyl (C=O) groups is 2. The van der Waals surface area contributed by atoms with Crippen molar-refractivity contribution in [2.24, 2.45) is 0 Å². The highest BCUT2D eigenvalue weighted by molar-refractivity contribution is 5.83. The smallest absolute Gasteiger partial charge is 0.453 e. The summed E-state index contributed by atoms with van der Waals surface area (Å²) < 4.78 is 39.3. The predicted octanol–water partition coefficient (Wildman–Crippen LogP) is 1.62. The van der Waals surface area contributed by atoms with Crippen LogP contribution in [-0.4, -0.2) is 54.6 Å². The molecule has 0 saturated carbocycles. The maximum Gasteiger partial charge on any atom is 0.453 e. The molecule has 0 spiro atoms. The van der Waals surface area contributed by atoms with Crippen molar-refractivity contribution in [2.75, 3.05) is 7.05 Å². The average Bonchev–Trinajstić information content (AvgIpc) is 2.97. The van der Waals surface area contributed by atoms with E-state index in [0.717, 1.165) is 9.42 Å². The topological polar surface area (TPSA) is 101 Å². The van der Waals surface area contributed by atoms with Crippen LogP contribution in [0.1, 0.15) is 36.1 Å². The highest BCUT2D eigenvalue weighted by Crippen LogP contribution is 2.27. The van der Waals surface area contributed by atoms with E-state index in [-0.39, 0.29) is 18.6 Å². The third kappa shape index (κ3) is 3.75. The molecule has 0 fully saturated rings. The maximum atomic E-state index is 12.8. The second-order valence-corrected chi connectivity index (χ2v) is 5.93. The van der Waals surface area contributed by atoms with Crippen molar-refractivity contribution in [1.29, 1.82) is 0 Å². The van der Waals surface area contributed by atoms with Gasteiger partial charge in [-0.15, -0.1) is 5.10 Å². The van der Waals surface area contributed by atoms with Crippen LogP contribution in [0.25, 0.3) is 5.78 Å². The number of amides is 1. The van der Waals surface area contributed by atoms with Crippen LogP contribution in [0.15, 0.2) is 0 Å². The first-order valence-electron chi connectivity index (χ1n) is 7.72. The number of rotatable bonds is 5. The molecule has 1 atom stereocenters. The van der Waals surface area contributed by atoms with E-state index in [1.165, 1.54) is 14.0 Å². The third-order valence-electron chi connectivity index (χ3n) is 4.22. The first-order valence-corrected chi connectivity index (χ1v) is 7.72. The zero-order valence-corrected chi connectivity index (χ0v) is 14.6. The molecule has 8 nitrogen and oxygen atoms in total. The van der Waals surface area contributed by atoms with Crippen molar-refractivity contribution in [2.45, 2.75) is 45.8 Å². The Balaban J connectivity index is 2.27. The number of hydrogen-bond donors (Lipinski definition) is 1. The van der Waals surface area contributed by atoms with E-state index in [1.807, 2.05) is 0 Å². The number of aliphatic carboxylic acids is 1. The summed E-state index contributed by atoms with van der Waals surface area (Å²) in [5, 5.41) is 12.4. The van der Waals surface area contributed by atoms with Gasteiger partial charge in [0.05, 0.1) is 0 Å². The monoisotopic (exact) mass is 373 g/mol. The predicted molar refractivity (Wildman–Crippen MR) is 83.4 cm³/mol. The minimum Gasteiger partial charge on any atom is -0.480 e. The SMILES string of the molecule is Cc1nc2nc(C(F)(F)F)nn2c(C)c1CCC(=O)N(C)C(C)C(=O)O. The van der Waals surface area contributed by atoms with Crippen LogP contribution >= 0.6 is 0 Å². The highest BCUT2D eigenvalue weighted by Gasteiger charge is 2.37. The molecule has 0 aromatic carbocycles. The van der Waals surface area contributed by atoms with Gasteiger partial charge in [-0.2, -0.15) is 18.2 Å². The van der Waals surface area contributed by atoms with Gasteiger partial charge in [0.1, 0.15) is 6.04 Å². The van der Waals surface area contributed by atoms with Crippen LogP contribution in [0.4, 0.5) is 13.2 Å². The molecule has 2 aromatic heterocycles. The number of likely N-dealkylation sites (N-methyl/N-ethyl adjacent to an activating group) is 1. The lowest BCUT2D eigenvalue weighted by atomic mass is 10.1. The summed E-state index contributed by atoms with van der Waals surface area (Å²) in [4.78, 5) is 31.6. The Morgan fingerprint density at radius 3 is 2.42 bits per heavy atom.